The van der Waals surface area contributed by atoms with Crippen LogP contribution in [0.4, 0.5) is 11.4 Å². The topological polar surface area (TPSA) is 128 Å². The molecule has 0 aliphatic carbocycles. The van der Waals surface area contributed by atoms with E-state index in [2.05, 4.69) is 10.5 Å². The van der Waals surface area contributed by atoms with Crippen molar-refractivity contribution in [2.24, 2.45) is 10.2 Å². The highest BCUT2D eigenvalue weighted by Gasteiger charge is 2.20. The van der Waals surface area contributed by atoms with Gasteiger partial charge >= 0.3 is 0 Å². The lowest BCUT2D eigenvalue weighted by molar-refractivity contribution is -0.384. The summed E-state index contributed by atoms with van der Waals surface area (Å²) in [4.78, 5) is 10.2. The number of fused-ring (bicyclic) bond motifs is 1. The number of nitro benzene ring substituents is 1. The van der Waals surface area contributed by atoms with Gasteiger partial charge in [-0.15, -0.1) is 0 Å². The zero-order valence-electron chi connectivity index (χ0n) is 12.9. The number of nitrogens with one attached hydrogen (secondary N) is 1. The molecule has 25 heavy (non-hydrogen) atoms. The maximum absolute atomic E-state index is 11.4. The van der Waals surface area contributed by atoms with Gasteiger partial charge in [0.15, 0.2) is 0 Å². The number of thioether (sulfide) groups is 1. The summed E-state index contributed by atoms with van der Waals surface area (Å²) in [5.41, 5.74) is 5.29. The smallest absolute Gasteiger partial charge is 0.271 e. The van der Waals surface area contributed by atoms with Crippen LogP contribution in [0, 0.1) is 10.1 Å². The zero-order valence-corrected chi connectivity index (χ0v) is 14.5. The molecule has 0 spiro atoms. The van der Waals surface area contributed by atoms with E-state index in [1.54, 1.807) is 11.8 Å². The number of nitrogens with zero attached hydrogens (tertiary/aromatic N) is 2. The lowest BCUT2D eigenvalue weighted by atomic mass is 10.0. The van der Waals surface area contributed by atoms with E-state index in [9.17, 15) is 18.5 Å². The van der Waals surface area contributed by atoms with Crippen molar-refractivity contribution in [1.29, 1.82) is 0 Å². The Hall–Kier alpha value is -2.43. The number of anilines is 1. The number of sulfonamides is 1. The number of rotatable bonds is 4. The first-order valence-corrected chi connectivity index (χ1v) is 9.86. The third-order valence-electron chi connectivity index (χ3n) is 3.63. The van der Waals surface area contributed by atoms with Gasteiger partial charge in [-0.2, -0.15) is 16.9 Å². The van der Waals surface area contributed by atoms with Gasteiger partial charge in [0, 0.05) is 23.1 Å². The van der Waals surface area contributed by atoms with Crippen molar-refractivity contribution in [3.05, 3.63) is 63.7 Å². The highest BCUT2D eigenvalue weighted by atomic mass is 32.2. The van der Waals surface area contributed by atoms with Crippen molar-refractivity contribution < 1.29 is 13.3 Å². The molecular formula is C15H14N4O4S2. The molecule has 3 N–H and O–H groups in total. The fourth-order valence-electron chi connectivity index (χ4n) is 2.42. The Labute approximate surface area is 148 Å². The van der Waals surface area contributed by atoms with Crippen molar-refractivity contribution in [1.82, 2.24) is 0 Å². The predicted molar refractivity (Wildman–Crippen MR) is 97.2 cm³/mol. The van der Waals surface area contributed by atoms with Crippen LogP contribution in [-0.2, 0) is 15.8 Å². The Morgan fingerprint density at radius 3 is 2.68 bits per heavy atom. The van der Waals surface area contributed by atoms with Crippen molar-refractivity contribution >= 4 is 38.9 Å². The SMILES string of the molecule is NS(=O)(=O)c1ccc(N/N=C2\CSCc3ccccc32)c([N+](=O)[O-])c1. The van der Waals surface area contributed by atoms with Crippen LogP contribution in [0.15, 0.2) is 52.5 Å². The number of hydrogen-bond donors (Lipinski definition) is 2. The molecule has 0 amide bonds. The first kappa shape index (κ1) is 17.4. The van der Waals surface area contributed by atoms with E-state index in [1.165, 1.54) is 12.1 Å². The summed E-state index contributed by atoms with van der Waals surface area (Å²) in [6.07, 6.45) is 0. The van der Waals surface area contributed by atoms with Gasteiger partial charge < -0.3 is 0 Å². The minimum atomic E-state index is -4.02. The van der Waals surface area contributed by atoms with Crippen LogP contribution in [0.2, 0.25) is 0 Å². The van der Waals surface area contributed by atoms with Gasteiger partial charge in [-0.3, -0.25) is 15.5 Å². The van der Waals surface area contributed by atoms with Crippen LogP contribution in [0.3, 0.4) is 0 Å². The Morgan fingerprint density at radius 1 is 1.20 bits per heavy atom. The molecule has 0 unspecified atom stereocenters. The molecule has 10 heteroatoms. The summed E-state index contributed by atoms with van der Waals surface area (Å²) in [5.74, 6) is 1.56. The molecule has 130 valence electrons. The monoisotopic (exact) mass is 378 g/mol. The van der Waals surface area contributed by atoms with E-state index in [0.717, 1.165) is 28.7 Å². The van der Waals surface area contributed by atoms with Gasteiger partial charge in [0.25, 0.3) is 5.69 Å². The van der Waals surface area contributed by atoms with Gasteiger partial charge in [0.2, 0.25) is 10.0 Å². The molecule has 0 aromatic heterocycles. The molecule has 8 nitrogen and oxygen atoms in total. The summed E-state index contributed by atoms with van der Waals surface area (Å²) < 4.78 is 22.7. The molecular weight excluding hydrogens is 364 g/mol. The lowest BCUT2D eigenvalue weighted by Crippen LogP contribution is -2.15. The van der Waals surface area contributed by atoms with E-state index >= 15 is 0 Å². The molecule has 2 aromatic carbocycles. The molecule has 3 rings (SSSR count). The van der Waals surface area contributed by atoms with Crippen molar-refractivity contribution in [2.45, 2.75) is 10.6 Å². The van der Waals surface area contributed by atoms with Gasteiger partial charge in [0.05, 0.1) is 15.5 Å². The van der Waals surface area contributed by atoms with E-state index in [-0.39, 0.29) is 10.6 Å². The Balaban J connectivity index is 1.95. The molecule has 1 heterocycles. The highest BCUT2D eigenvalue weighted by molar-refractivity contribution is 7.99. The largest absolute Gasteiger partial charge is 0.295 e. The summed E-state index contributed by atoms with van der Waals surface area (Å²) >= 11 is 1.70. The standard InChI is InChI=1S/C15H14N4O4S2/c16-25(22,23)11-5-6-13(15(7-11)19(20)21)17-18-14-9-24-8-10-3-1-2-4-12(10)14/h1-7,17H,8-9H2,(H2,16,22,23)/b18-14+. The quantitative estimate of drug-likeness (QED) is 0.621. The molecule has 0 saturated carbocycles. The number of hydrogen-bond acceptors (Lipinski definition) is 7. The number of nitrogens with two attached hydrogens (primary N) is 1. The van der Waals surface area contributed by atoms with Crippen molar-refractivity contribution in [3.63, 3.8) is 0 Å². The minimum absolute atomic E-state index is 0.0953. The van der Waals surface area contributed by atoms with Gasteiger partial charge in [0.1, 0.15) is 5.69 Å². The highest BCUT2D eigenvalue weighted by Crippen LogP contribution is 2.28. The molecule has 0 saturated heterocycles. The third-order valence-corrected chi connectivity index (χ3v) is 5.53. The predicted octanol–water partition coefficient (Wildman–Crippen LogP) is 2.31. The molecule has 2 aromatic rings. The number of nitro groups is 1. The summed E-state index contributed by atoms with van der Waals surface area (Å²) in [5, 5.41) is 20.5. The summed E-state index contributed by atoms with van der Waals surface area (Å²) in [7, 11) is -4.02. The molecule has 1 aliphatic heterocycles. The molecule has 0 fully saturated rings. The Morgan fingerprint density at radius 2 is 1.96 bits per heavy atom. The van der Waals surface area contributed by atoms with Gasteiger partial charge in [-0.05, 0) is 17.7 Å². The molecule has 0 radical (unpaired) electrons. The number of primary sulfonamides is 1. The average molecular weight is 378 g/mol. The van der Waals surface area contributed by atoms with Crippen LogP contribution in [0.1, 0.15) is 11.1 Å². The number of benzene rings is 2. The summed E-state index contributed by atoms with van der Waals surface area (Å²) in [6, 6.07) is 11.2. The van der Waals surface area contributed by atoms with Crippen LogP contribution in [0.5, 0.6) is 0 Å². The molecule has 0 atom stereocenters. The van der Waals surface area contributed by atoms with Crippen LogP contribution in [0.25, 0.3) is 0 Å². The fourth-order valence-corrected chi connectivity index (χ4v) is 3.94. The van der Waals surface area contributed by atoms with Gasteiger partial charge in [-0.1, -0.05) is 24.3 Å². The first-order chi connectivity index (χ1) is 11.9. The lowest BCUT2D eigenvalue weighted by Gasteiger charge is -2.17. The zero-order chi connectivity index (χ0) is 18.0. The maximum atomic E-state index is 11.4. The first-order valence-electron chi connectivity index (χ1n) is 7.16. The average Bonchev–Trinajstić information content (AvgIpc) is 2.58. The Bertz CT molecular complexity index is 973. The minimum Gasteiger partial charge on any atom is -0.271 e. The second kappa shape index (κ2) is 6.82. The molecule has 1 aliphatic rings. The number of hydrazone groups is 1. The second-order valence-corrected chi connectivity index (χ2v) is 7.85. The van der Waals surface area contributed by atoms with E-state index in [1.807, 2.05) is 24.3 Å². The fraction of sp³-hybridized carbons (Fsp3) is 0.133. The third kappa shape index (κ3) is 3.81. The summed E-state index contributed by atoms with van der Waals surface area (Å²) in [6.45, 7) is 0. The molecule has 0 bridgehead atoms. The van der Waals surface area contributed by atoms with Crippen LogP contribution < -0.4 is 10.6 Å². The second-order valence-electron chi connectivity index (χ2n) is 5.30. The van der Waals surface area contributed by atoms with Crippen LogP contribution >= 0.6 is 11.8 Å². The van der Waals surface area contributed by atoms with E-state index < -0.39 is 20.6 Å². The van der Waals surface area contributed by atoms with Crippen molar-refractivity contribution in [2.75, 3.05) is 11.2 Å². The van der Waals surface area contributed by atoms with Crippen LogP contribution in [-0.4, -0.2) is 24.8 Å². The van der Waals surface area contributed by atoms with Crippen molar-refractivity contribution in [3.8, 4) is 0 Å². The van der Waals surface area contributed by atoms with Gasteiger partial charge in [-0.25, -0.2) is 13.6 Å². The maximum Gasteiger partial charge on any atom is 0.295 e. The van der Waals surface area contributed by atoms with E-state index in [0.29, 0.717) is 5.75 Å². The van der Waals surface area contributed by atoms with E-state index in [4.69, 9.17) is 5.14 Å². The Kier molecular flexibility index (Phi) is 4.75. The normalized spacial score (nSPS) is 15.6.